The van der Waals surface area contributed by atoms with E-state index >= 15 is 0 Å². The standard InChI is InChI=1S/C11H19N3S/c1-5-6-9(2)12-7-10-8-13-11(15-10)14(3)4/h5,8-9,12H,1,6-7H2,2-4H3. The highest BCUT2D eigenvalue weighted by Crippen LogP contribution is 2.20. The van der Waals surface area contributed by atoms with Crippen LogP contribution in [0, 0.1) is 0 Å². The predicted octanol–water partition coefficient (Wildman–Crippen LogP) is 2.26. The van der Waals surface area contributed by atoms with Crippen LogP contribution < -0.4 is 10.2 Å². The highest BCUT2D eigenvalue weighted by molar-refractivity contribution is 7.15. The van der Waals surface area contributed by atoms with E-state index in [0.29, 0.717) is 6.04 Å². The molecule has 0 aliphatic rings. The molecule has 0 radical (unpaired) electrons. The van der Waals surface area contributed by atoms with E-state index in [9.17, 15) is 0 Å². The van der Waals surface area contributed by atoms with Gasteiger partial charge in [0.15, 0.2) is 5.13 Å². The zero-order valence-corrected chi connectivity index (χ0v) is 10.5. The van der Waals surface area contributed by atoms with E-state index in [2.05, 4.69) is 23.8 Å². The topological polar surface area (TPSA) is 28.2 Å². The quantitative estimate of drug-likeness (QED) is 0.753. The SMILES string of the molecule is C=CCC(C)NCc1cnc(N(C)C)s1. The molecule has 1 rings (SSSR count). The lowest BCUT2D eigenvalue weighted by atomic mass is 10.2. The van der Waals surface area contributed by atoms with Crippen LogP contribution in [0.3, 0.4) is 0 Å². The van der Waals surface area contributed by atoms with Crippen LogP contribution in [-0.2, 0) is 6.54 Å². The van der Waals surface area contributed by atoms with Gasteiger partial charge in [-0.25, -0.2) is 4.98 Å². The average Bonchev–Trinajstić information content (AvgIpc) is 2.63. The van der Waals surface area contributed by atoms with Crippen molar-refractivity contribution in [2.24, 2.45) is 0 Å². The Kier molecular flexibility index (Phi) is 4.78. The Balaban J connectivity index is 2.40. The molecule has 1 aromatic rings. The van der Waals surface area contributed by atoms with Gasteiger partial charge in [-0.05, 0) is 13.3 Å². The molecule has 1 N–H and O–H groups in total. The molecule has 1 aromatic heterocycles. The maximum atomic E-state index is 4.32. The zero-order valence-electron chi connectivity index (χ0n) is 9.66. The Hall–Kier alpha value is -0.870. The maximum absolute atomic E-state index is 4.32. The molecule has 0 aliphatic carbocycles. The smallest absolute Gasteiger partial charge is 0.185 e. The first-order chi connectivity index (χ1) is 7.13. The molecule has 0 aliphatic heterocycles. The number of thiazole rings is 1. The van der Waals surface area contributed by atoms with Crippen molar-refractivity contribution in [3.05, 3.63) is 23.7 Å². The Morgan fingerprint density at radius 2 is 2.40 bits per heavy atom. The van der Waals surface area contributed by atoms with Crippen molar-refractivity contribution in [1.82, 2.24) is 10.3 Å². The summed E-state index contributed by atoms with van der Waals surface area (Å²) >= 11 is 1.73. The van der Waals surface area contributed by atoms with Crippen molar-refractivity contribution in [1.29, 1.82) is 0 Å². The predicted molar refractivity (Wildman–Crippen MR) is 67.6 cm³/mol. The molecule has 1 atom stereocenters. The van der Waals surface area contributed by atoms with Crippen LogP contribution in [-0.4, -0.2) is 25.1 Å². The van der Waals surface area contributed by atoms with E-state index in [-0.39, 0.29) is 0 Å². The minimum absolute atomic E-state index is 0.479. The second-order valence-electron chi connectivity index (χ2n) is 3.81. The van der Waals surface area contributed by atoms with E-state index in [1.165, 1.54) is 4.88 Å². The van der Waals surface area contributed by atoms with Crippen molar-refractivity contribution in [2.75, 3.05) is 19.0 Å². The van der Waals surface area contributed by atoms with Crippen molar-refractivity contribution in [3.8, 4) is 0 Å². The average molecular weight is 225 g/mol. The van der Waals surface area contributed by atoms with Gasteiger partial charge < -0.3 is 10.2 Å². The van der Waals surface area contributed by atoms with E-state index in [0.717, 1.165) is 18.1 Å². The van der Waals surface area contributed by atoms with Crippen LogP contribution in [0.25, 0.3) is 0 Å². The Morgan fingerprint density at radius 3 is 2.93 bits per heavy atom. The molecule has 0 bridgehead atoms. The van der Waals surface area contributed by atoms with Gasteiger partial charge in [0, 0.05) is 37.8 Å². The summed E-state index contributed by atoms with van der Waals surface area (Å²) in [5.41, 5.74) is 0. The second kappa shape index (κ2) is 5.88. The summed E-state index contributed by atoms with van der Waals surface area (Å²) in [7, 11) is 4.02. The second-order valence-corrected chi connectivity index (χ2v) is 4.90. The fourth-order valence-electron chi connectivity index (χ4n) is 1.19. The first kappa shape index (κ1) is 12.2. The lowest BCUT2D eigenvalue weighted by molar-refractivity contribution is 0.557. The van der Waals surface area contributed by atoms with Crippen LogP contribution in [0.1, 0.15) is 18.2 Å². The number of nitrogens with zero attached hydrogens (tertiary/aromatic N) is 2. The molecular weight excluding hydrogens is 206 g/mol. The van der Waals surface area contributed by atoms with Gasteiger partial charge in [0.1, 0.15) is 0 Å². The van der Waals surface area contributed by atoms with Crippen LogP contribution in [0.2, 0.25) is 0 Å². The molecule has 0 aromatic carbocycles. The highest BCUT2D eigenvalue weighted by Gasteiger charge is 2.04. The maximum Gasteiger partial charge on any atom is 0.185 e. The van der Waals surface area contributed by atoms with Gasteiger partial charge in [-0.1, -0.05) is 6.08 Å². The van der Waals surface area contributed by atoms with E-state index < -0.39 is 0 Å². The third-order valence-corrected chi connectivity index (χ3v) is 3.23. The number of hydrogen-bond donors (Lipinski definition) is 1. The van der Waals surface area contributed by atoms with Crippen molar-refractivity contribution >= 4 is 16.5 Å². The minimum atomic E-state index is 0.479. The van der Waals surface area contributed by atoms with Crippen LogP contribution in [0.15, 0.2) is 18.9 Å². The Bertz CT molecular complexity index is 307. The highest BCUT2D eigenvalue weighted by atomic mass is 32.1. The van der Waals surface area contributed by atoms with Gasteiger partial charge in [-0.2, -0.15) is 0 Å². The molecule has 0 amide bonds. The molecule has 0 spiro atoms. The summed E-state index contributed by atoms with van der Waals surface area (Å²) in [5.74, 6) is 0. The third kappa shape index (κ3) is 4.01. The summed E-state index contributed by atoms with van der Waals surface area (Å²) < 4.78 is 0. The molecule has 0 fully saturated rings. The Labute approximate surface area is 95.8 Å². The van der Waals surface area contributed by atoms with Gasteiger partial charge in [-0.3, -0.25) is 0 Å². The van der Waals surface area contributed by atoms with Crippen LogP contribution >= 0.6 is 11.3 Å². The monoisotopic (exact) mass is 225 g/mol. The van der Waals surface area contributed by atoms with Gasteiger partial charge >= 0.3 is 0 Å². The van der Waals surface area contributed by atoms with Gasteiger partial charge in [-0.15, -0.1) is 17.9 Å². The number of anilines is 1. The number of aromatic nitrogens is 1. The molecule has 3 nitrogen and oxygen atoms in total. The van der Waals surface area contributed by atoms with Crippen molar-refractivity contribution in [2.45, 2.75) is 25.9 Å². The molecular formula is C11H19N3S. The molecule has 1 unspecified atom stereocenters. The van der Waals surface area contributed by atoms with E-state index in [4.69, 9.17) is 0 Å². The van der Waals surface area contributed by atoms with Crippen LogP contribution in [0.4, 0.5) is 5.13 Å². The molecule has 1 heterocycles. The number of nitrogens with one attached hydrogen (secondary N) is 1. The van der Waals surface area contributed by atoms with Gasteiger partial charge in [0.25, 0.3) is 0 Å². The Morgan fingerprint density at radius 1 is 1.67 bits per heavy atom. The zero-order chi connectivity index (χ0) is 11.3. The van der Waals surface area contributed by atoms with Crippen molar-refractivity contribution < 1.29 is 0 Å². The fraction of sp³-hybridized carbons (Fsp3) is 0.545. The largest absolute Gasteiger partial charge is 0.354 e. The molecule has 4 heteroatoms. The third-order valence-electron chi connectivity index (χ3n) is 2.07. The van der Waals surface area contributed by atoms with Gasteiger partial charge in [0.2, 0.25) is 0 Å². The molecule has 15 heavy (non-hydrogen) atoms. The summed E-state index contributed by atoms with van der Waals surface area (Å²) in [4.78, 5) is 7.63. The minimum Gasteiger partial charge on any atom is -0.354 e. The number of hydrogen-bond acceptors (Lipinski definition) is 4. The first-order valence-electron chi connectivity index (χ1n) is 5.09. The number of rotatable bonds is 6. The van der Waals surface area contributed by atoms with Crippen LogP contribution in [0.5, 0.6) is 0 Å². The van der Waals surface area contributed by atoms with E-state index in [1.807, 2.05) is 31.3 Å². The summed E-state index contributed by atoms with van der Waals surface area (Å²) in [6.07, 6.45) is 4.88. The van der Waals surface area contributed by atoms with Crippen molar-refractivity contribution in [3.63, 3.8) is 0 Å². The summed E-state index contributed by atoms with van der Waals surface area (Å²) in [6.45, 7) is 6.78. The lowest BCUT2D eigenvalue weighted by Crippen LogP contribution is -2.24. The molecule has 84 valence electrons. The fourth-order valence-corrected chi connectivity index (χ4v) is 1.98. The molecule has 0 saturated carbocycles. The van der Waals surface area contributed by atoms with E-state index in [1.54, 1.807) is 11.3 Å². The summed E-state index contributed by atoms with van der Waals surface area (Å²) in [6, 6.07) is 0.479. The first-order valence-corrected chi connectivity index (χ1v) is 5.91. The lowest BCUT2D eigenvalue weighted by Gasteiger charge is -2.09. The summed E-state index contributed by atoms with van der Waals surface area (Å²) in [5, 5.41) is 4.49. The molecule has 0 saturated heterocycles. The van der Waals surface area contributed by atoms with Gasteiger partial charge in [0.05, 0.1) is 0 Å². The normalized spacial score (nSPS) is 12.5.